The topological polar surface area (TPSA) is 46.2 Å². The fraction of sp³-hybridized carbons (Fsp3) is 0.613. The first kappa shape index (κ1) is 25.0. The SMILES string of the molecule is COc1ccc(CN2CCN(C3CC4(CCNCC4)C3)C(c3ccccc3C(C)C)C2)c2c1OCCO2. The Bertz CT molecular complexity index is 1090. The number of rotatable bonds is 6. The molecule has 0 amide bonds. The van der Waals surface area contributed by atoms with Crippen molar-refractivity contribution in [3.63, 3.8) is 0 Å². The average molecular weight is 506 g/mol. The molecule has 1 aliphatic carbocycles. The fourth-order valence-corrected chi connectivity index (χ4v) is 7.28. The summed E-state index contributed by atoms with van der Waals surface area (Å²) in [6.45, 7) is 12.3. The first-order chi connectivity index (χ1) is 18.1. The molecule has 1 N–H and O–H groups in total. The monoisotopic (exact) mass is 505 g/mol. The van der Waals surface area contributed by atoms with Crippen molar-refractivity contribution in [2.45, 2.75) is 64.1 Å². The van der Waals surface area contributed by atoms with Crippen LogP contribution >= 0.6 is 0 Å². The van der Waals surface area contributed by atoms with Gasteiger partial charge in [-0.2, -0.15) is 0 Å². The molecule has 1 atom stereocenters. The summed E-state index contributed by atoms with van der Waals surface area (Å²) >= 11 is 0. The summed E-state index contributed by atoms with van der Waals surface area (Å²) in [5.74, 6) is 2.89. The molecular formula is C31H43N3O3. The molecule has 1 spiro atoms. The number of fused-ring (bicyclic) bond motifs is 1. The third-order valence-corrected chi connectivity index (χ3v) is 9.30. The first-order valence-electron chi connectivity index (χ1n) is 14.3. The number of nitrogens with zero attached hydrogens (tertiary/aromatic N) is 2. The standard InChI is InChI=1S/C31H43N3O3/c1-22(2)25-6-4-5-7-26(25)27-21-33(14-15-34(27)24-18-31(19-24)10-12-32-13-11-31)20-23-8-9-28(35-3)30-29(23)36-16-17-37-30/h4-9,22,24,27,32H,10-21H2,1-3H3. The predicted octanol–water partition coefficient (Wildman–Crippen LogP) is 4.98. The van der Waals surface area contributed by atoms with Crippen LogP contribution in [-0.4, -0.2) is 68.9 Å². The van der Waals surface area contributed by atoms with Crippen molar-refractivity contribution >= 4 is 0 Å². The molecule has 0 radical (unpaired) electrons. The van der Waals surface area contributed by atoms with E-state index in [0.717, 1.165) is 43.4 Å². The van der Waals surface area contributed by atoms with Crippen molar-refractivity contribution in [3.8, 4) is 17.2 Å². The Kier molecular flexibility index (Phi) is 7.08. The molecular weight excluding hydrogens is 462 g/mol. The summed E-state index contributed by atoms with van der Waals surface area (Å²) in [4.78, 5) is 5.49. The van der Waals surface area contributed by atoms with E-state index in [1.165, 1.54) is 55.5 Å². The molecule has 37 heavy (non-hydrogen) atoms. The molecule has 1 saturated carbocycles. The summed E-state index contributed by atoms with van der Waals surface area (Å²) < 4.78 is 17.6. The number of ether oxygens (including phenoxy) is 3. The lowest BCUT2D eigenvalue weighted by molar-refractivity contribution is -0.0651. The Morgan fingerprint density at radius 3 is 2.51 bits per heavy atom. The van der Waals surface area contributed by atoms with Gasteiger partial charge in [0, 0.05) is 43.8 Å². The Labute approximate surface area is 222 Å². The highest BCUT2D eigenvalue weighted by Crippen LogP contribution is 2.52. The molecule has 2 aromatic carbocycles. The van der Waals surface area contributed by atoms with Crippen LogP contribution in [0.2, 0.25) is 0 Å². The summed E-state index contributed by atoms with van der Waals surface area (Å²) in [5, 5.41) is 3.57. The fourth-order valence-electron chi connectivity index (χ4n) is 7.28. The van der Waals surface area contributed by atoms with E-state index in [1.54, 1.807) is 7.11 Å². The van der Waals surface area contributed by atoms with Gasteiger partial charge in [-0.3, -0.25) is 9.80 Å². The van der Waals surface area contributed by atoms with E-state index in [9.17, 15) is 0 Å². The molecule has 3 aliphatic heterocycles. The number of benzene rings is 2. The predicted molar refractivity (Wildman–Crippen MR) is 147 cm³/mol. The van der Waals surface area contributed by atoms with E-state index in [4.69, 9.17) is 14.2 Å². The van der Waals surface area contributed by atoms with Crippen molar-refractivity contribution in [2.75, 3.05) is 53.0 Å². The van der Waals surface area contributed by atoms with Crippen LogP contribution in [0.1, 0.15) is 68.2 Å². The molecule has 6 heteroatoms. The third-order valence-electron chi connectivity index (χ3n) is 9.30. The van der Waals surface area contributed by atoms with Crippen LogP contribution < -0.4 is 19.5 Å². The molecule has 0 aromatic heterocycles. The summed E-state index contributed by atoms with van der Waals surface area (Å²) in [5.41, 5.74) is 4.80. The molecule has 2 saturated heterocycles. The normalized spacial score (nSPS) is 24.3. The van der Waals surface area contributed by atoms with Crippen LogP contribution in [0.4, 0.5) is 0 Å². The lowest BCUT2D eigenvalue weighted by atomic mass is 9.60. The van der Waals surface area contributed by atoms with E-state index in [-0.39, 0.29) is 0 Å². The quantitative estimate of drug-likeness (QED) is 0.598. The number of hydrogen-bond acceptors (Lipinski definition) is 6. The number of nitrogens with one attached hydrogen (secondary N) is 1. The lowest BCUT2D eigenvalue weighted by Gasteiger charge is -2.57. The van der Waals surface area contributed by atoms with Gasteiger partial charge in [0.25, 0.3) is 0 Å². The highest BCUT2D eigenvalue weighted by atomic mass is 16.6. The summed E-state index contributed by atoms with van der Waals surface area (Å²) in [6, 6.07) is 14.5. The van der Waals surface area contributed by atoms with Gasteiger partial charge in [0.05, 0.1) is 7.11 Å². The second-order valence-corrected chi connectivity index (χ2v) is 11.9. The van der Waals surface area contributed by atoms with Crippen molar-refractivity contribution < 1.29 is 14.2 Å². The van der Waals surface area contributed by atoms with E-state index < -0.39 is 0 Å². The van der Waals surface area contributed by atoms with Crippen LogP contribution in [0.25, 0.3) is 0 Å². The Balaban J connectivity index is 1.25. The number of hydrogen-bond donors (Lipinski definition) is 1. The number of piperidine rings is 1. The van der Waals surface area contributed by atoms with Gasteiger partial charge in [-0.25, -0.2) is 0 Å². The van der Waals surface area contributed by atoms with Gasteiger partial charge >= 0.3 is 0 Å². The number of methoxy groups -OCH3 is 1. The minimum Gasteiger partial charge on any atom is -0.493 e. The van der Waals surface area contributed by atoms with Gasteiger partial charge in [0.15, 0.2) is 11.5 Å². The molecule has 200 valence electrons. The van der Waals surface area contributed by atoms with Crippen LogP contribution in [0.5, 0.6) is 17.2 Å². The zero-order valence-electron chi connectivity index (χ0n) is 22.8. The highest BCUT2D eigenvalue weighted by molar-refractivity contribution is 5.56. The largest absolute Gasteiger partial charge is 0.493 e. The second kappa shape index (κ2) is 10.5. The Hall–Kier alpha value is -2.28. The molecule has 4 aliphatic rings. The molecule has 6 nitrogen and oxygen atoms in total. The molecule has 3 fully saturated rings. The van der Waals surface area contributed by atoms with Crippen molar-refractivity contribution in [3.05, 3.63) is 53.1 Å². The smallest absolute Gasteiger partial charge is 0.204 e. The molecule has 2 aromatic rings. The molecule has 1 unspecified atom stereocenters. The van der Waals surface area contributed by atoms with Gasteiger partial charge in [-0.1, -0.05) is 44.2 Å². The molecule has 6 rings (SSSR count). The van der Waals surface area contributed by atoms with Gasteiger partial charge in [-0.15, -0.1) is 0 Å². The Morgan fingerprint density at radius 2 is 1.76 bits per heavy atom. The van der Waals surface area contributed by atoms with E-state index in [2.05, 4.69) is 59.3 Å². The van der Waals surface area contributed by atoms with Crippen LogP contribution in [-0.2, 0) is 6.54 Å². The van der Waals surface area contributed by atoms with E-state index >= 15 is 0 Å². The van der Waals surface area contributed by atoms with Crippen LogP contribution in [0, 0.1) is 5.41 Å². The van der Waals surface area contributed by atoms with Gasteiger partial charge in [-0.05, 0) is 67.3 Å². The van der Waals surface area contributed by atoms with Crippen molar-refractivity contribution in [2.24, 2.45) is 5.41 Å². The first-order valence-corrected chi connectivity index (χ1v) is 14.3. The Morgan fingerprint density at radius 1 is 1.00 bits per heavy atom. The third kappa shape index (κ3) is 4.84. The van der Waals surface area contributed by atoms with E-state index in [0.29, 0.717) is 36.6 Å². The maximum Gasteiger partial charge on any atom is 0.204 e. The molecule has 3 heterocycles. The highest BCUT2D eigenvalue weighted by Gasteiger charge is 2.49. The second-order valence-electron chi connectivity index (χ2n) is 11.9. The maximum atomic E-state index is 6.10. The van der Waals surface area contributed by atoms with Crippen LogP contribution in [0.15, 0.2) is 36.4 Å². The van der Waals surface area contributed by atoms with Crippen molar-refractivity contribution in [1.82, 2.24) is 15.1 Å². The minimum atomic E-state index is 0.419. The summed E-state index contributed by atoms with van der Waals surface area (Å²) in [6.07, 6.45) is 5.43. The maximum absolute atomic E-state index is 6.10. The zero-order chi connectivity index (χ0) is 25.4. The molecule has 0 bridgehead atoms. The van der Waals surface area contributed by atoms with Gasteiger partial charge < -0.3 is 19.5 Å². The zero-order valence-corrected chi connectivity index (χ0v) is 22.8. The minimum absolute atomic E-state index is 0.419. The number of piperazine rings is 1. The van der Waals surface area contributed by atoms with Crippen LogP contribution in [0.3, 0.4) is 0 Å². The van der Waals surface area contributed by atoms with E-state index in [1.807, 2.05) is 6.07 Å². The van der Waals surface area contributed by atoms with Gasteiger partial charge in [0.2, 0.25) is 5.75 Å². The average Bonchev–Trinajstić information content (AvgIpc) is 2.92. The lowest BCUT2D eigenvalue weighted by Crippen LogP contribution is -2.59. The van der Waals surface area contributed by atoms with Crippen molar-refractivity contribution in [1.29, 1.82) is 0 Å². The summed E-state index contributed by atoms with van der Waals surface area (Å²) in [7, 11) is 1.69. The van der Waals surface area contributed by atoms with Gasteiger partial charge in [0.1, 0.15) is 13.2 Å².